The molecule has 1 aliphatic rings. The number of hydrogen-bond acceptors (Lipinski definition) is 8. The van der Waals surface area contributed by atoms with Gasteiger partial charge in [0.2, 0.25) is 5.88 Å². The first-order chi connectivity index (χ1) is 20.4. The molecule has 10 nitrogen and oxygen atoms in total. The van der Waals surface area contributed by atoms with Gasteiger partial charge in [-0.15, -0.1) is 0 Å². The first kappa shape index (κ1) is 30.0. The number of nitrogens with one attached hydrogen (secondary N) is 1. The third kappa shape index (κ3) is 6.48. The molecule has 12 heteroatoms. The van der Waals surface area contributed by atoms with Crippen molar-refractivity contribution in [1.82, 2.24) is 14.9 Å². The lowest BCUT2D eigenvalue weighted by Gasteiger charge is -2.37. The molecule has 1 aliphatic heterocycles. The second-order valence-electron chi connectivity index (χ2n) is 11.3. The number of sulfonamides is 1. The number of anilines is 2. The molecule has 1 fully saturated rings. The summed E-state index contributed by atoms with van der Waals surface area (Å²) in [7, 11) is -2.88. The minimum atomic E-state index is -4.26. The van der Waals surface area contributed by atoms with Gasteiger partial charge in [-0.2, -0.15) is 0 Å². The molecule has 0 spiro atoms. The number of aromatic nitrogens is 2. The van der Waals surface area contributed by atoms with Crippen molar-refractivity contribution in [2.45, 2.75) is 38.2 Å². The highest BCUT2D eigenvalue weighted by molar-refractivity contribution is 7.92. The quantitative estimate of drug-likeness (QED) is 0.301. The first-order valence-electron chi connectivity index (χ1n) is 13.8. The Morgan fingerprint density at radius 1 is 1.00 bits per heavy atom. The normalized spacial score (nSPS) is 14.1. The van der Waals surface area contributed by atoms with E-state index in [0.29, 0.717) is 31.7 Å². The Labute approximate surface area is 250 Å². The number of benzene rings is 2. The molecule has 1 saturated heterocycles. The SMILES string of the molecule is COc1ncc(-c2cc(C)c3nccc(N4CCN(C(=O)OC(C)(C)C)CC4)c3c2)cc1NS(=O)(=O)c1ccccc1F. The van der Waals surface area contributed by atoms with Gasteiger partial charge < -0.3 is 19.3 Å². The molecule has 0 bridgehead atoms. The van der Waals surface area contributed by atoms with E-state index in [0.717, 1.165) is 33.8 Å². The van der Waals surface area contributed by atoms with Crippen LogP contribution < -0.4 is 14.4 Å². The van der Waals surface area contributed by atoms with Gasteiger partial charge in [-0.05, 0) is 75.2 Å². The highest BCUT2D eigenvalue weighted by atomic mass is 32.2. The summed E-state index contributed by atoms with van der Waals surface area (Å²) in [6.45, 7) is 9.79. The van der Waals surface area contributed by atoms with Crippen LogP contribution in [-0.4, -0.2) is 68.3 Å². The molecular weight excluding hydrogens is 573 g/mol. The molecule has 226 valence electrons. The molecule has 3 heterocycles. The van der Waals surface area contributed by atoms with Crippen LogP contribution in [0.5, 0.6) is 5.88 Å². The highest BCUT2D eigenvalue weighted by Gasteiger charge is 2.27. The van der Waals surface area contributed by atoms with Gasteiger partial charge in [-0.3, -0.25) is 9.71 Å². The predicted molar refractivity (Wildman–Crippen MR) is 163 cm³/mol. The van der Waals surface area contributed by atoms with E-state index in [1.165, 1.54) is 25.3 Å². The minimum absolute atomic E-state index is 0.0476. The fraction of sp³-hybridized carbons (Fsp3) is 0.323. The molecule has 0 saturated carbocycles. The van der Waals surface area contributed by atoms with Gasteiger partial charge in [0.1, 0.15) is 22.0 Å². The monoisotopic (exact) mass is 607 g/mol. The smallest absolute Gasteiger partial charge is 0.410 e. The van der Waals surface area contributed by atoms with Gasteiger partial charge in [0.25, 0.3) is 10.0 Å². The van der Waals surface area contributed by atoms with E-state index >= 15 is 0 Å². The zero-order chi connectivity index (χ0) is 30.9. The number of fused-ring (bicyclic) bond motifs is 1. The van der Waals surface area contributed by atoms with Crippen molar-refractivity contribution in [1.29, 1.82) is 0 Å². The molecule has 5 rings (SSSR count). The average Bonchev–Trinajstić information content (AvgIpc) is 2.96. The van der Waals surface area contributed by atoms with Crippen molar-refractivity contribution < 1.29 is 27.1 Å². The second-order valence-corrected chi connectivity index (χ2v) is 12.9. The van der Waals surface area contributed by atoms with E-state index in [4.69, 9.17) is 9.47 Å². The summed E-state index contributed by atoms with van der Waals surface area (Å²) in [5.74, 6) is -0.818. The van der Waals surface area contributed by atoms with E-state index in [-0.39, 0.29) is 17.7 Å². The summed E-state index contributed by atoms with van der Waals surface area (Å²) in [6, 6.07) is 12.7. The molecule has 1 amide bonds. The van der Waals surface area contributed by atoms with E-state index in [1.54, 1.807) is 23.4 Å². The molecule has 4 aromatic rings. The number of carbonyl (C=O) groups excluding carboxylic acids is 1. The van der Waals surface area contributed by atoms with Crippen molar-refractivity contribution in [3.8, 4) is 17.0 Å². The lowest BCUT2D eigenvalue weighted by molar-refractivity contribution is 0.0240. The summed E-state index contributed by atoms with van der Waals surface area (Å²) in [6.07, 6.45) is 3.05. The second kappa shape index (κ2) is 11.7. The maximum atomic E-state index is 14.3. The first-order valence-corrected chi connectivity index (χ1v) is 15.3. The zero-order valence-corrected chi connectivity index (χ0v) is 25.5. The molecule has 0 aliphatic carbocycles. The summed E-state index contributed by atoms with van der Waals surface area (Å²) in [4.78, 5) is 25.0. The van der Waals surface area contributed by atoms with Crippen LogP contribution in [0.25, 0.3) is 22.0 Å². The lowest BCUT2D eigenvalue weighted by Crippen LogP contribution is -2.50. The lowest BCUT2D eigenvalue weighted by atomic mass is 9.99. The number of carbonyl (C=O) groups is 1. The number of nitrogens with zero attached hydrogens (tertiary/aromatic N) is 4. The summed E-state index contributed by atoms with van der Waals surface area (Å²) in [5, 5.41) is 0.910. The van der Waals surface area contributed by atoms with Crippen LogP contribution in [-0.2, 0) is 14.8 Å². The summed E-state index contributed by atoms with van der Waals surface area (Å²) < 4.78 is 53.7. The molecule has 1 N–H and O–H groups in total. The van der Waals surface area contributed by atoms with Crippen LogP contribution in [0.1, 0.15) is 26.3 Å². The molecule has 43 heavy (non-hydrogen) atoms. The molecule has 0 atom stereocenters. The van der Waals surface area contributed by atoms with Crippen LogP contribution in [0.2, 0.25) is 0 Å². The third-order valence-corrected chi connectivity index (χ3v) is 8.43. The number of piperazine rings is 1. The summed E-state index contributed by atoms with van der Waals surface area (Å²) >= 11 is 0. The number of ether oxygens (including phenoxy) is 2. The van der Waals surface area contributed by atoms with Gasteiger partial charge in [0.05, 0.1) is 12.6 Å². The van der Waals surface area contributed by atoms with Gasteiger partial charge in [-0.25, -0.2) is 22.6 Å². The zero-order valence-electron chi connectivity index (χ0n) is 24.7. The Morgan fingerprint density at radius 3 is 2.40 bits per heavy atom. The topological polar surface area (TPSA) is 114 Å². The summed E-state index contributed by atoms with van der Waals surface area (Å²) in [5.41, 5.74) is 3.65. The molecular formula is C31H34FN5O5S. The Hall–Kier alpha value is -4.45. The molecule has 0 radical (unpaired) electrons. The minimum Gasteiger partial charge on any atom is -0.480 e. The van der Waals surface area contributed by atoms with Gasteiger partial charge in [0.15, 0.2) is 0 Å². The number of halogens is 1. The fourth-order valence-corrected chi connectivity index (χ4v) is 6.15. The van der Waals surface area contributed by atoms with Crippen LogP contribution in [0.4, 0.5) is 20.6 Å². The number of rotatable bonds is 6. The third-order valence-electron chi connectivity index (χ3n) is 7.03. The predicted octanol–water partition coefficient (Wildman–Crippen LogP) is 5.61. The number of pyridine rings is 2. The number of methoxy groups -OCH3 is 1. The van der Waals surface area contributed by atoms with Crippen LogP contribution in [0.3, 0.4) is 0 Å². The van der Waals surface area contributed by atoms with Gasteiger partial charge in [-0.1, -0.05) is 12.1 Å². The van der Waals surface area contributed by atoms with Crippen LogP contribution in [0.15, 0.2) is 65.8 Å². The largest absolute Gasteiger partial charge is 0.480 e. The highest BCUT2D eigenvalue weighted by Crippen LogP contribution is 2.35. The number of amides is 1. The van der Waals surface area contributed by atoms with Crippen molar-refractivity contribution in [3.05, 3.63) is 72.3 Å². The van der Waals surface area contributed by atoms with Crippen molar-refractivity contribution in [3.63, 3.8) is 0 Å². The van der Waals surface area contributed by atoms with Gasteiger partial charge in [0, 0.05) is 55.2 Å². The van der Waals surface area contributed by atoms with Crippen molar-refractivity contribution in [2.24, 2.45) is 0 Å². The molecule has 2 aromatic heterocycles. The Kier molecular flexibility index (Phi) is 8.15. The fourth-order valence-electron chi connectivity index (χ4n) is 5.03. The number of aryl methyl sites for hydroxylation is 1. The van der Waals surface area contributed by atoms with Crippen molar-refractivity contribution >= 4 is 38.4 Å². The number of hydrogen-bond donors (Lipinski definition) is 1. The van der Waals surface area contributed by atoms with E-state index < -0.39 is 26.3 Å². The molecule has 0 unspecified atom stereocenters. The maximum absolute atomic E-state index is 14.3. The Morgan fingerprint density at radius 2 is 1.72 bits per heavy atom. The van der Waals surface area contributed by atoms with E-state index in [2.05, 4.69) is 19.6 Å². The maximum Gasteiger partial charge on any atom is 0.410 e. The van der Waals surface area contributed by atoms with Crippen LogP contribution >= 0.6 is 0 Å². The van der Waals surface area contributed by atoms with E-state index in [1.807, 2.05) is 45.9 Å². The Balaban J connectivity index is 1.47. The molecule has 2 aromatic carbocycles. The van der Waals surface area contributed by atoms with Crippen molar-refractivity contribution in [2.75, 3.05) is 42.9 Å². The van der Waals surface area contributed by atoms with Crippen LogP contribution in [0, 0.1) is 12.7 Å². The Bertz CT molecular complexity index is 1780. The average molecular weight is 608 g/mol. The van der Waals surface area contributed by atoms with E-state index in [9.17, 15) is 17.6 Å². The standard InChI is InChI=1S/C31H34FN5O5S/c1-20-16-21(22-18-25(29(41-5)34-19-22)35-43(39,40)27-9-7-6-8-24(27)32)17-23-26(10-11-33-28(20)23)36-12-14-37(15-13-36)30(38)42-31(2,3)4/h6-11,16-19,35H,12-15H2,1-5H3. The van der Waals surface area contributed by atoms with Gasteiger partial charge >= 0.3 is 6.09 Å².